The maximum Gasteiger partial charge on any atom is 0.293 e. The zero-order chi connectivity index (χ0) is 23.1. The van der Waals surface area contributed by atoms with Gasteiger partial charge < -0.3 is 5.32 Å². The zero-order valence-electron chi connectivity index (χ0n) is 17.1. The molecule has 11 heteroatoms. The van der Waals surface area contributed by atoms with Gasteiger partial charge in [-0.3, -0.25) is 14.9 Å². The second kappa shape index (κ2) is 10.3. The molecule has 0 aliphatic rings. The lowest BCUT2D eigenvalue weighted by Crippen LogP contribution is -2.30. The zero-order valence-corrected chi connectivity index (χ0v) is 18.8. The molecule has 0 saturated heterocycles. The minimum atomic E-state index is -4.29. The highest BCUT2D eigenvalue weighted by Gasteiger charge is 2.23. The van der Waals surface area contributed by atoms with Crippen LogP contribution in [0.3, 0.4) is 0 Å². The van der Waals surface area contributed by atoms with Gasteiger partial charge in [0.2, 0.25) is 0 Å². The van der Waals surface area contributed by atoms with Gasteiger partial charge in [-0.1, -0.05) is 35.8 Å². The molecule has 3 aromatic carbocycles. The Balaban J connectivity index is 1.70. The summed E-state index contributed by atoms with van der Waals surface area (Å²) < 4.78 is 27.2. The van der Waals surface area contributed by atoms with Crippen LogP contribution in [0.25, 0.3) is 0 Å². The second-order valence-corrected chi connectivity index (χ2v) is 9.68. The lowest BCUT2D eigenvalue weighted by atomic mass is 9.95. The number of carbonyl (C=O) groups excluding carboxylic acids is 1. The van der Waals surface area contributed by atoms with Crippen LogP contribution in [0.1, 0.15) is 10.4 Å². The number of sulfonamides is 1. The van der Waals surface area contributed by atoms with Crippen LogP contribution in [0.4, 0.5) is 11.4 Å². The monoisotopic (exact) mass is 469 g/mol. The predicted octanol–water partition coefficient (Wildman–Crippen LogP) is 2.18. The molecule has 0 bridgehead atoms. The molecule has 0 fully saturated rings. The van der Waals surface area contributed by atoms with Crippen molar-refractivity contribution >= 4 is 52.4 Å². The number of carbonyl (C=O) groups is 1. The average molecular weight is 469 g/mol. The van der Waals surface area contributed by atoms with Gasteiger partial charge in [0, 0.05) is 28.8 Å². The molecule has 0 aliphatic carbocycles. The molecule has 0 heterocycles. The van der Waals surface area contributed by atoms with Gasteiger partial charge in [0.05, 0.1) is 9.82 Å². The molecule has 0 atom stereocenters. The molecule has 0 unspecified atom stereocenters. The first-order chi connectivity index (χ1) is 15.3. The van der Waals surface area contributed by atoms with Gasteiger partial charge in [0.25, 0.3) is 21.6 Å². The quantitative estimate of drug-likeness (QED) is 0.162. The van der Waals surface area contributed by atoms with Crippen LogP contribution >= 0.6 is 11.8 Å². The van der Waals surface area contributed by atoms with Crippen LogP contribution in [-0.4, -0.2) is 39.4 Å². The van der Waals surface area contributed by atoms with Crippen molar-refractivity contribution in [2.24, 2.45) is 0 Å². The van der Waals surface area contributed by atoms with Crippen LogP contribution in [-0.2, 0) is 10.0 Å². The predicted molar refractivity (Wildman–Crippen MR) is 128 cm³/mol. The minimum Gasteiger partial charge on any atom is -0.379 e. The van der Waals surface area contributed by atoms with E-state index in [9.17, 15) is 23.3 Å². The number of nitrogens with zero attached hydrogens (tertiary/aromatic N) is 1. The normalized spacial score (nSPS) is 11.0. The maximum absolute atomic E-state index is 12.6. The Morgan fingerprint density at radius 1 is 1.03 bits per heavy atom. The molecule has 1 amide bonds. The van der Waals surface area contributed by atoms with Gasteiger partial charge >= 0.3 is 0 Å². The molecule has 2 N–H and O–H groups in total. The Labute approximate surface area is 191 Å². The van der Waals surface area contributed by atoms with E-state index in [1.54, 1.807) is 23.9 Å². The van der Waals surface area contributed by atoms with Gasteiger partial charge in [-0.15, -0.1) is 11.8 Å². The first-order valence-corrected chi connectivity index (χ1v) is 12.1. The van der Waals surface area contributed by atoms with Crippen molar-refractivity contribution in [1.29, 1.82) is 0 Å². The molecular weight excluding hydrogens is 449 g/mol. The summed E-state index contributed by atoms with van der Waals surface area (Å²) in [6.07, 6.45) is 0. The van der Waals surface area contributed by atoms with Crippen molar-refractivity contribution in [1.82, 2.24) is 4.72 Å². The molecule has 3 aromatic rings. The minimum absolute atomic E-state index is 0.169. The number of anilines is 1. The number of nitro groups is 1. The Kier molecular flexibility index (Phi) is 7.55. The molecule has 164 valence electrons. The Morgan fingerprint density at radius 2 is 1.72 bits per heavy atom. The number of amides is 1. The number of hydrogen-bond acceptors (Lipinski definition) is 7. The topological polar surface area (TPSA) is 118 Å². The summed E-state index contributed by atoms with van der Waals surface area (Å²) in [5, 5.41) is 14.5. The van der Waals surface area contributed by atoms with Crippen LogP contribution in [0.2, 0.25) is 0 Å². The third kappa shape index (κ3) is 6.11. The maximum atomic E-state index is 12.6. The summed E-state index contributed by atoms with van der Waals surface area (Å²) in [6.45, 7) is 0.441. The highest BCUT2D eigenvalue weighted by molar-refractivity contribution is 7.99. The molecule has 32 heavy (non-hydrogen) atoms. The van der Waals surface area contributed by atoms with Crippen molar-refractivity contribution < 1.29 is 18.1 Å². The first-order valence-electron chi connectivity index (χ1n) is 9.60. The number of benzene rings is 3. The standard InChI is InChI=1S/C21H20BN3O5S2/c22-16-8-6-15(7-9-16)21(26)24-32(29,30)18-10-11-19(20(14-18)25(27)28)23-12-13-31-17-4-2-1-3-5-17/h1-11,14,23H,12-13,22H2,(H,24,26). The number of nitrogens with one attached hydrogen (secondary N) is 2. The molecule has 8 nitrogen and oxygen atoms in total. The fourth-order valence-electron chi connectivity index (χ4n) is 2.80. The van der Waals surface area contributed by atoms with Gasteiger partial charge in [-0.25, -0.2) is 13.1 Å². The number of nitro benzene ring substituents is 1. The number of hydrogen-bond donors (Lipinski definition) is 2. The van der Waals surface area contributed by atoms with Crippen molar-refractivity contribution in [3.63, 3.8) is 0 Å². The summed E-state index contributed by atoms with van der Waals surface area (Å²) in [4.78, 5) is 23.8. The number of thioether (sulfide) groups is 1. The smallest absolute Gasteiger partial charge is 0.293 e. The molecule has 0 spiro atoms. The molecule has 0 aliphatic heterocycles. The third-order valence-corrected chi connectivity index (χ3v) is 6.79. The van der Waals surface area contributed by atoms with Crippen molar-refractivity contribution in [3.8, 4) is 0 Å². The summed E-state index contributed by atoms with van der Waals surface area (Å²) >= 11 is 1.59. The highest BCUT2D eigenvalue weighted by Crippen LogP contribution is 2.28. The van der Waals surface area contributed by atoms with Gasteiger partial charge in [0.1, 0.15) is 13.5 Å². The van der Waals surface area contributed by atoms with E-state index in [1.807, 2.05) is 42.9 Å². The SMILES string of the molecule is Bc1ccc(C(=O)NS(=O)(=O)c2ccc(NCCSc3ccccc3)c([N+](=O)[O-])c2)cc1. The summed E-state index contributed by atoms with van der Waals surface area (Å²) in [5.41, 5.74) is 0.904. The molecule has 0 saturated carbocycles. The number of rotatable bonds is 9. The lowest BCUT2D eigenvalue weighted by Gasteiger charge is -2.10. The van der Waals surface area contributed by atoms with Gasteiger partial charge in [0.15, 0.2) is 0 Å². The largest absolute Gasteiger partial charge is 0.379 e. The van der Waals surface area contributed by atoms with Crippen LogP contribution < -0.4 is 15.5 Å². The van der Waals surface area contributed by atoms with Gasteiger partial charge in [-0.2, -0.15) is 0 Å². The summed E-state index contributed by atoms with van der Waals surface area (Å²) in [7, 11) is -2.45. The fraction of sp³-hybridized carbons (Fsp3) is 0.0952. The van der Waals surface area contributed by atoms with E-state index in [4.69, 9.17) is 0 Å². The van der Waals surface area contributed by atoms with E-state index in [0.29, 0.717) is 12.3 Å². The van der Waals surface area contributed by atoms with Gasteiger partial charge in [-0.05, 0) is 36.4 Å². The molecule has 0 aromatic heterocycles. The molecule has 3 rings (SSSR count). The summed E-state index contributed by atoms with van der Waals surface area (Å²) in [5.74, 6) is -0.152. The van der Waals surface area contributed by atoms with Crippen molar-refractivity contribution in [3.05, 3.63) is 88.5 Å². The van der Waals surface area contributed by atoms with E-state index in [0.717, 1.165) is 16.4 Å². The Morgan fingerprint density at radius 3 is 2.38 bits per heavy atom. The third-order valence-electron chi connectivity index (χ3n) is 4.45. The van der Waals surface area contributed by atoms with Crippen LogP contribution in [0, 0.1) is 10.1 Å². The fourth-order valence-corrected chi connectivity index (χ4v) is 4.58. The Hall–Kier alpha value is -3.31. The van der Waals surface area contributed by atoms with E-state index in [-0.39, 0.29) is 21.8 Å². The van der Waals surface area contributed by atoms with Crippen LogP contribution in [0.15, 0.2) is 82.6 Å². The van der Waals surface area contributed by atoms with E-state index >= 15 is 0 Å². The Bertz CT molecular complexity index is 1220. The molecular formula is C21H20BN3O5S2. The van der Waals surface area contributed by atoms with E-state index < -0.39 is 20.9 Å². The van der Waals surface area contributed by atoms with Crippen molar-refractivity contribution in [2.75, 3.05) is 17.6 Å². The van der Waals surface area contributed by atoms with E-state index in [2.05, 4.69) is 5.32 Å². The second-order valence-electron chi connectivity index (χ2n) is 6.83. The lowest BCUT2D eigenvalue weighted by molar-refractivity contribution is -0.384. The first kappa shape index (κ1) is 23.4. The highest BCUT2D eigenvalue weighted by atomic mass is 32.2. The molecule has 0 radical (unpaired) electrons. The van der Waals surface area contributed by atoms with E-state index in [1.165, 1.54) is 24.3 Å². The van der Waals surface area contributed by atoms with Crippen LogP contribution in [0.5, 0.6) is 0 Å². The van der Waals surface area contributed by atoms with Crippen molar-refractivity contribution in [2.45, 2.75) is 9.79 Å². The summed E-state index contributed by atoms with van der Waals surface area (Å²) in [6, 6.07) is 19.6. The average Bonchev–Trinajstić information content (AvgIpc) is 2.77.